The summed E-state index contributed by atoms with van der Waals surface area (Å²) in [5.74, 6) is 0.569. The first kappa shape index (κ1) is 10.7. The van der Waals surface area contributed by atoms with Crippen LogP contribution in [0.15, 0.2) is 29.8 Å². The summed E-state index contributed by atoms with van der Waals surface area (Å²) in [6.07, 6.45) is 3.32. The van der Waals surface area contributed by atoms with Crippen LogP contribution in [0.3, 0.4) is 0 Å². The van der Waals surface area contributed by atoms with E-state index in [0.717, 1.165) is 23.2 Å². The van der Waals surface area contributed by atoms with Gasteiger partial charge in [0, 0.05) is 29.0 Å². The predicted octanol–water partition coefficient (Wildman–Crippen LogP) is 3.36. The first-order valence-corrected chi connectivity index (χ1v) is 6.65. The van der Waals surface area contributed by atoms with Gasteiger partial charge in [0.15, 0.2) is 5.78 Å². The number of carbonyl (C=O) groups is 1. The van der Waals surface area contributed by atoms with Crippen molar-refractivity contribution >= 4 is 17.1 Å². The molecule has 0 saturated carbocycles. The standard InChI is InChI=1S/C14H13NOS/c1-9-4-5-15-11-7-10(8-12(16)14(9)11)13-3-2-6-17-13/h2-6,10H,7-8H2,1H3. The van der Waals surface area contributed by atoms with Gasteiger partial charge in [0.2, 0.25) is 0 Å². The normalized spacial score (nSPS) is 19.1. The number of fused-ring (bicyclic) bond motifs is 1. The van der Waals surface area contributed by atoms with E-state index in [1.165, 1.54) is 4.88 Å². The van der Waals surface area contributed by atoms with E-state index in [4.69, 9.17) is 0 Å². The fourth-order valence-corrected chi connectivity index (χ4v) is 3.34. The van der Waals surface area contributed by atoms with Crippen LogP contribution in [0.25, 0.3) is 0 Å². The third-order valence-corrected chi connectivity index (χ3v) is 4.37. The highest BCUT2D eigenvalue weighted by Crippen LogP contribution is 2.34. The molecule has 0 N–H and O–H groups in total. The van der Waals surface area contributed by atoms with E-state index in [2.05, 4.69) is 16.4 Å². The highest BCUT2D eigenvalue weighted by molar-refractivity contribution is 7.10. The van der Waals surface area contributed by atoms with Gasteiger partial charge in [0.05, 0.1) is 5.69 Å². The number of aryl methyl sites for hydroxylation is 1. The second kappa shape index (κ2) is 4.08. The highest BCUT2D eigenvalue weighted by Gasteiger charge is 2.28. The van der Waals surface area contributed by atoms with E-state index in [0.29, 0.717) is 12.3 Å². The summed E-state index contributed by atoms with van der Waals surface area (Å²) >= 11 is 1.73. The van der Waals surface area contributed by atoms with E-state index in [-0.39, 0.29) is 5.78 Å². The van der Waals surface area contributed by atoms with Crippen molar-refractivity contribution in [2.45, 2.75) is 25.7 Å². The van der Waals surface area contributed by atoms with Crippen LogP contribution in [0, 0.1) is 6.92 Å². The quantitative estimate of drug-likeness (QED) is 0.768. The maximum absolute atomic E-state index is 12.2. The molecule has 17 heavy (non-hydrogen) atoms. The molecule has 0 spiro atoms. The fraction of sp³-hybridized carbons (Fsp3) is 0.286. The minimum Gasteiger partial charge on any atom is -0.294 e. The zero-order valence-electron chi connectivity index (χ0n) is 9.64. The number of ketones is 1. The molecule has 0 aromatic carbocycles. The third kappa shape index (κ3) is 1.80. The lowest BCUT2D eigenvalue weighted by Gasteiger charge is -2.22. The molecule has 0 saturated heterocycles. The van der Waals surface area contributed by atoms with Crippen LogP contribution < -0.4 is 0 Å². The number of nitrogens with zero attached hydrogens (tertiary/aromatic N) is 1. The summed E-state index contributed by atoms with van der Waals surface area (Å²) in [4.78, 5) is 17.8. The van der Waals surface area contributed by atoms with Crippen molar-refractivity contribution < 1.29 is 4.79 Å². The number of Topliss-reactive ketones (excluding diaryl/α,β-unsaturated/α-hetero) is 1. The van der Waals surface area contributed by atoms with Gasteiger partial charge >= 0.3 is 0 Å². The second-order valence-corrected chi connectivity index (χ2v) is 5.47. The molecular formula is C14H13NOS. The summed E-state index contributed by atoms with van der Waals surface area (Å²) in [7, 11) is 0. The zero-order valence-corrected chi connectivity index (χ0v) is 10.5. The number of hydrogen-bond acceptors (Lipinski definition) is 3. The number of thiophene rings is 1. The fourth-order valence-electron chi connectivity index (χ4n) is 2.51. The van der Waals surface area contributed by atoms with Crippen molar-refractivity contribution in [2.24, 2.45) is 0 Å². The van der Waals surface area contributed by atoms with Crippen molar-refractivity contribution in [1.29, 1.82) is 0 Å². The average molecular weight is 243 g/mol. The van der Waals surface area contributed by atoms with Crippen molar-refractivity contribution in [3.8, 4) is 0 Å². The van der Waals surface area contributed by atoms with E-state index < -0.39 is 0 Å². The van der Waals surface area contributed by atoms with Gasteiger partial charge in [-0.3, -0.25) is 9.78 Å². The van der Waals surface area contributed by atoms with Gasteiger partial charge in [-0.25, -0.2) is 0 Å². The number of pyridine rings is 1. The van der Waals surface area contributed by atoms with Crippen LogP contribution in [0.5, 0.6) is 0 Å². The molecule has 2 nitrogen and oxygen atoms in total. The van der Waals surface area contributed by atoms with Crippen LogP contribution in [0.4, 0.5) is 0 Å². The van der Waals surface area contributed by atoms with Gasteiger partial charge < -0.3 is 0 Å². The molecule has 2 aromatic heterocycles. The molecule has 0 fully saturated rings. The first-order chi connectivity index (χ1) is 8.25. The van der Waals surface area contributed by atoms with E-state index in [9.17, 15) is 4.79 Å². The van der Waals surface area contributed by atoms with Crippen LogP contribution in [0.2, 0.25) is 0 Å². The molecule has 2 aromatic rings. The number of rotatable bonds is 1. The maximum atomic E-state index is 12.2. The van der Waals surface area contributed by atoms with E-state index in [1.54, 1.807) is 17.5 Å². The Balaban J connectivity index is 2.02. The minimum absolute atomic E-state index is 0.246. The van der Waals surface area contributed by atoms with Gasteiger partial charge in [0.1, 0.15) is 0 Å². The Hall–Kier alpha value is -1.48. The Labute approximate surface area is 104 Å². The van der Waals surface area contributed by atoms with E-state index in [1.807, 2.05) is 19.1 Å². The molecule has 0 bridgehead atoms. The molecule has 86 valence electrons. The van der Waals surface area contributed by atoms with Gasteiger partial charge in [-0.1, -0.05) is 6.07 Å². The molecular weight excluding hydrogens is 230 g/mol. The van der Waals surface area contributed by atoms with Gasteiger partial charge in [-0.15, -0.1) is 11.3 Å². The Bertz CT molecular complexity index is 560. The van der Waals surface area contributed by atoms with E-state index >= 15 is 0 Å². The maximum Gasteiger partial charge on any atom is 0.165 e. The predicted molar refractivity (Wildman–Crippen MR) is 68.7 cm³/mol. The molecule has 1 aliphatic carbocycles. The monoisotopic (exact) mass is 243 g/mol. The highest BCUT2D eigenvalue weighted by atomic mass is 32.1. The number of aromatic nitrogens is 1. The lowest BCUT2D eigenvalue weighted by Crippen LogP contribution is -2.20. The smallest absolute Gasteiger partial charge is 0.165 e. The number of hydrogen-bond donors (Lipinski definition) is 0. The van der Waals surface area contributed by atoms with Gasteiger partial charge in [0.25, 0.3) is 0 Å². The average Bonchev–Trinajstić information content (AvgIpc) is 2.81. The topological polar surface area (TPSA) is 30.0 Å². The largest absolute Gasteiger partial charge is 0.294 e. The van der Waals surface area contributed by atoms with Crippen LogP contribution >= 0.6 is 11.3 Å². The van der Waals surface area contributed by atoms with Crippen LogP contribution in [-0.4, -0.2) is 10.8 Å². The summed E-state index contributed by atoms with van der Waals surface area (Å²) < 4.78 is 0. The Kier molecular flexibility index (Phi) is 2.56. The number of carbonyl (C=O) groups excluding carboxylic acids is 1. The molecule has 0 radical (unpaired) electrons. The molecule has 1 aliphatic rings. The minimum atomic E-state index is 0.246. The van der Waals surface area contributed by atoms with Crippen molar-refractivity contribution in [3.63, 3.8) is 0 Å². The lowest BCUT2D eigenvalue weighted by atomic mass is 9.83. The van der Waals surface area contributed by atoms with Crippen molar-refractivity contribution in [2.75, 3.05) is 0 Å². The zero-order chi connectivity index (χ0) is 11.8. The lowest BCUT2D eigenvalue weighted by molar-refractivity contribution is 0.0963. The van der Waals surface area contributed by atoms with Crippen LogP contribution in [-0.2, 0) is 6.42 Å². The molecule has 3 heteroatoms. The molecule has 2 heterocycles. The summed E-state index contributed by atoms with van der Waals surface area (Å²) in [5.41, 5.74) is 2.89. The van der Waals surface area contributed by atoms with Crippen LogP contribution in [0.1, 0.15) is 38.8 Å². The first-order valence-electron chi connectivity index (χ1n) is 5.77. The Morgan fingerprint density at radius 2 is 2.24 bits per heavy atom. The van der Waals surface area contributed by atoms with Gasteiger partial charge in [-0.05, 0) is 36.4 Å². The van der Waals surface area contributed by atoms with Gasteiger partial charge in [-0.2, -0.15) is 0 Å². The van der Waals surface area contributed by atoms with Crippen molar-refractivity contribution in [3.05, 3.63) is 51.5 Å². The molecule has 1 atom stereocenters. The molecule has 1 unspecified atom stereocenters. The Morgan fingerprint density at radius 1 is 1.35 bits per heavy atom. The molecule has 3 rings (SSSR count). The molecule has 0 aliphatic heterocycles. The summed E-state index contributed by atoms with van der Waals surface area (Å²) in [5, 5.41) is 2.07. The SMILES string of the molecule is Cc1ccnc2c1C(=O)CC(c1cccs1)C2. The summed E-state index contributed by atoms with van der Waals surface area (Å²) in [6.45, 7) is 1.99. The second-order valence-electron chi connectivity index (χ2n) is 4.49. The molecule has 0 amide bonds. The Morgan fingerprint density at radius 3 is 3.00 bits per heavy atom. The third-order valence-electron chi connectivity index (χ3n) is 3.33. The summed E-state index contributed by atoms with van der Waals surface area (Å²) in [6, 6.07) is 6.08. The van der Waals surface area contributed by atoms with Crippen molar-refractivity contribution in [1.82, 2.24) is 4.98 Å².